The van der Waals surface area contributed by atoms with Gasteiger partial charge in [-0.25, -0.2) is 0 Å². The summed E-state index contributed by atoms with van der Waals surface area (Å²) in [5, 5.41) is 2.79. The predicted molar refractivity (Wildman–Crippen MR) is 90.6 cm³/mol. The van der Waals surface area contributed by atoms with E-state index in [0.717, 1.165) is 19.4 Å². The van der Waals surface area contributed by atoms with Crippen LogP contribution in [0.4, 0.5) is 0 Å². The van der Waals surface area contributed by atoms with Crippen LogP contribution >= 0.6 is 0 Å². The SMILES string of the molecule is CCCC(=O)NCCOCCOCCOCCOCCC(C)C. The first-order valence-corrected chi connectivity index (χ1v) is 8.74. The smallest absolute Gasteiger partial charge is 0.220 e. The molecule has 0 aliphatic heterocycles. The normalized spacial score (nSPS) is 11.1. The number of carbonyl (C=O) groups is 1. The van der Waals surface area contributed by atoms with E-state index in [4.69, 9.17) is 18.9 Å². The molecule has 6 nitrogen and oxygen atoms in total. The van der Waals surface area contributed by atoms with Gasteiger partial charge in [-0.2, -0.15) is 0 Å². The van der Waals surface area contributed by atoms with Crippen LogP contribution in [0.2, 0.25) is 0 Å². The second kappa shape index (κ2) is 17.7. The topological polar surface area (TPSA) is 66.0 Å². The molecule has 0 unspecified atom stereocenters. The van der Waals surface area contributed by atoms with Gasteiger partial charge in [0, 0.05) is 19.6 Å². The Hall–Kier alpha value is -0.690. The summed E-state index contributed by atoms with van der Waals surface area (Å²) in [7, 11) is 0. The molecule has 0 aromatic heterocycles. The number of carbonyl (C=O) groups excluding carboxylic acids is 1. The van der Waals surface area contributed by atoms with E-state index < -0.39 is 0 Å². The van der Waals surface area contributed by atoms with Crippen LogP contribution in [0.5, 0.6) is 0 Å². The lowest BCUT2D eigenvalue weighted by molar-refractivity contribution is -0.121. The summed E-state index contributed by atoms with van der Waals surface area (Å²) in [4.78, 5) is 11.2. The van der Waals surface area contributed by atoms with E-state index in [1.807, 2.05) is 6.92 Å². The number of amides is 1. The van der Waals surface area contributed by atoms with E-state index in [2.05, 4.69) is 19.2 Å². The monoisotopic (exact) mass is 333 g/mol. The van der Waals surface area contributed by atoms with Crippen molar-refractivity contribution in [1.29, 1.82) is 0 Å². The minimum atomic E-state index is 0.0812. The van der Waals surface area contributed by atoms with Gasteiger partial charge in [0.25, 0.3) is 0 Å². The van der Waals surface area contributed by atoms with E-state index in [9.17, 15) is 4.79 Å². The number of hydrogen-bond donors (Lipinski definition) is 1. The summed E-state index contributed by atoms with van der Waals surface area (Å²) < 4.78 is 21.6. The van der Waals surface area contributed by atoms with Crippen molar-refractivity contribution in [3.63, 3.8) is 0 Å². The summed E-state index contributed by atoms with van der Waals surface area (Å²) >= 11 is 0. The lowest BCUT2D eigenvalue weighted by Crippen LogP contribution is -2.27. The first kappa shape index (κ1) is 22.3. The molecule has 0 bridgehead atoms. The average molecular weight is 333 g/mol. The van der Waals surface area contributed by atoms with Crippen molar-refractivity contribution in [1.82, 2.24) is 5.32 Å². The summed E-state index contributed by atoms with van der Waals surface area (Å²) in [6, 6.07) is 0. The van der Waals surface area contributed by atoms with Crippen molar-refractivity contribution in [3.8, 4) is 0 Å². The lowest BCUT2D eigenvalue weighted by atomic mass is 10.1. The van der Waals surface area contributed by atoms with Crippen molar-refractivity contribution < 1.29 is 23.7 Å². The second-order valence-corrected chi connectivity index (χ2v) is 5.73. The molecule has 0 fully saturated rings. The molecule has 0 saturated carbocycles. The third-order valence-electron chi connectivity index (χ3n) is 3.00. The van der Waals surface area contributed by atoms with Gasteiger partial charge in [0.05, 0.1) is 46.2 Å². The van der Waals surface area contributed by atoms with Gasteiger partial charge in [-0.1, -0.05) is 20.8 Å². The number of hydrogen-bond acceptors (Lipinski definition) is 5. The van der Waals surface area contributed by atoms with Crippen LogP contribution in [-0.4, -0.2) is 65.3 Å². The summed E-state index contributed by atoms with van der Waals surface area (Å²) in [6.07, 6.45) is 2.53. The highest BCUT2D eigenvalue weighted by atomic mass is 16.6. The number of nitrogens with one attached hydrogen (secondary N) is 1. The van der Waals surface area contributed by atoms with Gasteiger partial charge < -0.3 is 24.3 Å². The van der Waals surface area contributed by atoms with Crippen LogP contribution in [0.25, 0.3) is 0 Å². The zero-order valence-corrected chi connectivity index (χ0v) is 15.1. The van der Waals surface area contributed by atoms with Crippen LogP contribution in [0, 0.1) is 5.92 Å². The van der Waals surface area contributed by atoms with Gasteiger partial charge in [-0.3, -0.25) is 4.79 Å². The molecule has 0 saturated heterocycles. The quantitative estimate of drug-likeness (QED) is 0.413. The van der Waals surface area contributed by atoms with Gasteiger partial charge in [0.2, 0.25) is 5.91 Å². The fraction of sp³-hybridized carbons (Fsp3) is 0.941. The Kier molecular flexibility index (Phi) is 17.1. The van der Waals surface area contributed by atoms with Crippen LogP contribution in [0.3, 0.4) is 0 Å². The molecule has 0 aliphatic rings. The van der Waals surface area contributed by atoms with Crippen LogP contribution in [0.1, 0.15) is 40.0 Å². The Morgan fingerprint density at radius 1 is 0.826 bits per heavy atom. The van der Waals surface area contributed by atoms with Gasteiger partial charge in [-0.15, -0.1) is 0 Å². The van der Waals surface area contributed by atoms with E-state index >= 15 is 0 Å². The van der Waals surface area contributed by atoms with Crippen molar-refractivity contribution in [2.45, 2.75) is 40.0 Å². The van der Waals surface area contributed by atoms with E-state index in [1.54, 1.807) is 0 Å². The Balaban J connectivity index is 3.04. The van der Waals surface area contributed by atoms with E-state index in [1.165, 1.54) is 0 Å². The highest BCUT2D eigenvalue weighted by Gasteiger charge is 1.98. The third kappa shape index (κ3) is 19.3. The highest BCUT2D eigenvalue weighted by Crippen LogP contribution is 1.98. The molecule has 6 heteroatoms. The summed E-state index contributed by atoms with van der Waals surface area (Å²) in [5.41, 5.74) is 0. The Morgan fingerprint density at radius 3 is 1.78 bits per heavy atom. The van der Waals surface area contributed by atoms with Crippen molar-refractivity contribution in [2.24, 2.45) is 5.92 Å². The molecule has 0 heterocycles. The Bertz CT molecular complexity index is 261. The molecule has 0 aromatic rings. The fourth-order valence-electron chi connectivity index (χ4n) is 1.66. The largest absolute Gasteiger partial charge is 0.379 e. The average Bonchev–Trinajstić information content (AvgIpc) is 2.51. The zero-order valence-electron chi connectivity index (χ0n) is 15.1. The number of rotatable bonds is 17. The molecule has 0 spiro atoms. The summed E-state index contributed by atoms with van der Waals surface area (Å²) in [5.74, 6) is 0.761. The Labute approximate surface area is 141 Å². The molecule has 1 N–H and O–H groups in total. The molecule has 138 valence electrons. The maximum absolute atomic E-state index is 11.2. The van der Waals surface area contributed by atoms with E-state index in [-0.39, 0.29) is 5.91 Å². The molecule has 23 heavy (non-hydrogen) atoms. The molecule has 0 rings (SSSR count). The highest BCUT2D eigenvalue weighted by molar-refractivity contribution is 5.75. The van der Waals surface area contributed by atoms with Crippen LogP contribution in [-0.2, 0) is 23.7 Å². The fourth-order valence-corrected chi connectivity index (χ4v) is 1.66. The van der Waals surface area contributed by atoms with Crippen molar-refractivity contribution in [2.75, 3.05) is 59.4 Å². The first-order chi connectivity index (χ1) is 11.2. The van der Waals surface area contributed by atoms with Gasteiger partial charge >= 0.3 is 0 Å². The van der Waals surface area contributed by atoms with Crippen LogP contribution < -0.4 is 5.32 Å². The molecule has 1 amide bonds. The molecule has 0 aromatic carbocycles. The maximum atomic E-state index is 11.2. The minimum absolute atomic E-state index is 0.0812. The molecule has 0 aliphatic carbocycles. The Morgan fingerprint density at radius 2 is 1.30 bits per heavy atom. The van der Waals surface area contributed by atoms with Crippen LogP contribution in [0.15, 0.2) is 0 Å². The second-order valence-electron chi connectivity index (χ2n) is 5.73. The van der Waals surface area contributed by atoms with Gasteiger partial charge in [-0.05, 0) is 18.8 Å². The minimum Gasteiger partial charge on any atom is -0.379 e. The molecule has 0 radical (unpaired) electrons. The number of ether oxygens (including phenoxy) is 4. The predicted octanol–water partition coefficient (Wildman–Crippen LogP) is 2.02. The molecule has 0 atom stereocenters. The third-order valence-corrected chi connectivity index (χ3v) is 3.00. The first-order valence-electron chi connectivity index (χ1n) is 8.74. The maximum Gasteiger partial charge on any atom is 0.220 e. The van der Waals surface area contributed by atoms with Gasteiger partial charge in [0.1, 0.15) is 0 Å². The van der Waals surface area contributed by atoms with E-state index in [0.29, 0.717) is 65.1 Å². The zero-order chi connectivity index (χ0) is 17.2. The van der Waals surface area contributed by atoms with Crippen molar-refractivity contribution in [3.05, 3.63) is 0 Å². The molecular formula is C17H35NO5. The summed E-state index contributed by atoms with van der Waals surface area (Å²) in [6.45, 7) is 11.7. The van der Waals surface area contributed by atoms with Crippen molar-refractivity contribution >= 4 is 5.91 Å². The lowest BCUT2D eigenvalue weighted by Gasteiger charge is -2.08. The van der Waals surface area contributed by atoms with Gasteiger partial charge in [0.15, 0.2) is 0 Å². The standard InChI is InChI=1S/C17H35NO5/c1-4-5-17(19)18-7-9-21-11-13-23-15-14-22-12-10-20-8-6-16(2)3/h16H,4-15H2,1-3H3,(H,18,19). The molecular weight excluding hydrogens is 298 g/mol.